The predicted molar refractivity (Wildman–Crippen MR) is 107 cm³/mol. The summed E-state index contributed by atoms with van der Waals surface area (Å²) in [7, 11) is 0. The smallest absolute Gasteiger partial charge is 0.227 e. The first-order chi connectivity index (χ1) is 12.8. The highest BCUT2D eigenvalue weighted by Crippen LogP contribution is 2.21. The molecule has 4 heteroatoms. The molecular weight excluding hydrogens is 322 g/mol. The Labute approximate surface area is 156 Å². The molecule has 0 aromatic heterocycles. The van der Waals surface area contributed by atoms with E-state index in [1.165, 1.54) is 24.2 Å². The highest BCUT2D eigenvalue weighted by atomic mass is 16.2. The monoisotopic (exact) mass is 349 g/mol. The van der Waals surface area contributed by atoms with Gasteiger partial charge in [0.2, 0.25) is 5.91 Å². The molecule has 0 bridgehead atoms. The molecule has 4 rings (SSSR count). The first-order valence-corrected chi connectivity index (χ1v) is 9.71. The zero-order chi connectivity index (χ0) is 17.8. The number of hydrogen-bond donors (Lipinski definition) is 0. The lowest BCUT2D eigenvalue weighted by Gasteiger charge is -2.36. The van der Waals surface area contributed by atoms with E-state index < -0.39 is 0 Å². The van der Waals surface area contributed by atoms with Crippen molar-refractivity contribution in [2.45, 2.75) is 19.3 Å². The Morgan fingerprint density at radius 3 is 1.92 bits per heavy atom. The summed E-state index contributed by atoms with van der Waals surface area (Å²) in [5, 5.41) is 0. The molecule has 2 aliphatic heterocycles. The third kappa shape index (κ3) is 3.85. The standard InChI is InChI=1S/C22H27N3O/c26-22(18-19-8-10-21(11-9-19)23-12-4-5-13-23)25-16-14-24(15-17-25)20-6-2-1-3-7-20/h1-3,6-11H,4-5,12-18H2. The van der Waals surface area contributed by atoms with E-state index >= 15 is 0 Å². The SMILES string of the molecule is O=C(Cc1ccc(N2CCCC2)cc1)N1CCN(c2ccccc2)CC1. The number of nitrogens with zero attached hydrogens (tertiary/aromatic N) is 3. The van der Waals surface area contributed by atoms with Gasteiger partial charge in [-0.15, -0.1) is 0 Å². The van der Waals surface area contributed by atoms with Gasteiger partial charge in [0.25, 0.3) is 0 Å². The van der Waals surface area contributed by atoms with Gasteiger partial charge in [0, 0.05) is 50.6 Å². The van der Waals surface area contributed by atoms with Crippen LogP contribution < -0.4 is 9.80 Å². The molecule has 0 aliphatic carbocycles. The Bertz CT molecular complexity index is 715. The van der Waals surface area contributed by atoms with E-state index in [9.17, 15) is 4.79 Å². The maximum Gasteiger partial charge on any atom is 0.227 e. The fraction of sp³-hybridized carbons (Fsp3) is 0.409. The third-order valence-electron chi connectivity index (χ3n) is 5.52. The van der Waals surface area contributed by atoms with Crippen LogP contribution in [0.4, 0.5) is 11.4 Å². The summed E-state index contributed by atoms with van der Waals surface area (Å²) in [6.45, 7) is 5.74. The minimum Gasteiger partial charge on any atom is -0.372 e. The average Bonchev–Trinajstić information content (AvgIpc) is 3.24. The molecule has 2 heterocycles. The summed E-state index contributed by atoms with van der Waals surface area (Å²) in [5.74, 6) is 0.242. The zero-order valence-corrected chi connectivity index (χ0v) is 15.3. The van der Waals surface area contributed by atoms with Gasteiger partial charge >= 0.3 is 0 Å². The minimum absolute atomic E-state index is 0.242. The van der Waals surface area contributed by atoms with E-state index in [4.69, 9.17) is 0 Å². The Morgan fingerprint density at radius 1 is 0.692 bits per heavy atom. The zero-order valence-electron chi connectivity index (χ0n) is 15.3. The van der Waals surface area contributed by atoms with E-state index in [0.29, 0.717) is 6.42 Å². The van der Waals surface area contributed by atoms with Crippen LogP contribution in [0.5, 0.6) is 0 Å². The molecule has 4 nitrogen and oxygen atoms in total. The number of para-hydroxylation sites is 1. The van der Waals surface area contributed by atoms with Crippen molar-refractivity contribution in [2.24, 2.45) is 0 Å². The van der Waals surface area contributed by atoms with Crippen LogP contribution >= 0.6 is 0 Å². The molecule has 2 fully saturated rings. The molecule has 0 radical (unpaired) electrons. The van der Waals surface area contributed by atoms with Crippen molar-refractivity contribution >= 4 is 17.3 Å². The number of benzene rings is 2. The van der Waals surface area contributed by atoms with Gasteiger partial charge in [-0.2, -0.15) is 0 Å². The van der Waals surface area contributed by atoms with E-state index in [1.807, 2.05) is 11.0 Å². The molecular formula is C22H27N3O. The molecule has 2 saturated heterocycles. The topological polar surface area (TPSA) is 26.8 Å². The van der Waals surface area contributed by atoms with E-state index in [1.54, 1.807) is 0 Å². The second-order valence-electron chi connectivity index (χ2n) is 7.24. The summed E-state index contributed by atoms with van der Waals surface area (Å²) >= 11 is 0. The number of carbonyl (C=O) groups is 1. The number of piperazine rings is 1. The van der Waals surface area contributed by atoms with Gasteiger partial charge in [0.05, 0.1) is 6.42 Å². The quantitative estimate of drug-likeness (QED) is 0.848. The predicted octanol–water partition coefficient (Wildman–Crippen LogP) is 3.18. The average molecular weight is 349 g/mol. The Morgan fingerprint density at radius 2 is 1.27 bits per heavy atom. The fourth-order valence-corrected chi connectivity index (χ4v) is 3.94. The van der Waals surface area contributed by atoms with Gasteiger partial charge in [-0.25, -0.2) is 0 Å². The van der Waals surface area contributed by atoms with Gasteiger partial charge in [-0.3, -0.25) is 4.79 Å². The van der Waals surface area contributed by atoms with Crippen LogP contribution in [0.25, 0.3) is 0 Å². The van der Waals surface area contributed by atoms with Crippen molar-refractivity contribution in [2.75, 3.05) is 49.1 Å². The minimum atomic E-state index is 0.242. The second kappa shape index (κ2) is 7.81. The molecule has 2 aromatic carbocycles. The largest absolute Gasteiger partial charge is 0.372 e. The molecule has 0 spiro atoms. The normalized spacial score (nSPS) is 17.6. The van der Waals surface area contributed by atoms with Crippen molar-refractivity contribution < 1.29 is 4.79 Å². The molecule has 1 amide bonds. The summed E-state index contributed by atoms with van der Waals surface area (Å²) in [6, 6.07) is 19.0. The van der Waals surface area contributed by atoms with E-state index in [2.05, 4.69) is 58.3 Å². The maximum atomic E-state index is 12.6. The van der Waals surface area contributed by atoms with Crippen LogP contribution in [-0.2, 0) is 11.2 Å². The van der Waals surface area contributed by atoms with Crippen molar-refractivity contribution in [1.29, 1.82) is 0 Å². The summed E-state index contributed by atoms with van der Waals surface area (Å²) in [5.41, 5.74) is 3.65. The first kappa shape index (κ1) is 17.0. The van der Waals surface area contributed by atoms with Crippen LogP contribution in [0.1, 0.15) is 18.4 Å². The fourth-order valence-electron chi connectivity index (χ4n) is 3.94. The van der Waals surface area contributed by atoms with Gasteiger partial charge in [0.15, 0.2) is 0 Å². The van der Waals surface area contributed by atoms with Crippen LogP contribution in [0.3, 0.4) is 0 Å². The number of anilines is 2. The highest BCUT2D eigenvalue weighted by molar-refractivity contribution is 5.79. The second-order valence-corrected chi connectivity index (χ2v) is 7.24. The Kier molecular flexibility index (Phi) is 5.09. The summed E-state index contributed by atoms with van der Waals surface area (Å²) in [4.78, 5) is 19.4. The summed E-state index contributed by atoms with van der Waals surface area (Å²) in [6.07, 6.45) is 3.08. The van der Waals surface area contributed by atoms with E-state index in [0.717, 1.165) is 44.8 Å². The molecule has 0 N–H and O–H groups in total. The lowest BCUT2D eigenvalue weighted by molar-refractivity contribution is -0.130. The van der Waals surface area contributed by atoms with Gasteiger partial charge in [0.1, 0.15) is 0 Å². The molecule has 2 aliphatic rings. The molecule has 136 valence electrons. The maximum absolute atomic E-state index is 12.6. The summed E-state index contributed by atoms with van der Waals surface area (Å²) < 4.78 is 0. The lowest BCUT2D eigenvalue weighted by atomic mass is 10.1. The van der Waals surface area contributed by atoms with Gasteiger partial charge in [-0.05, 0) is 42.7 Å². The number of amides is 1. The van der Waals surface area contributed by atoms with Crippen molar-refractivity contribution in [3.63, 3.8) is 0 Å². The van der Waals surface area contributed by atoms with Gasteiger partial charge in [-0.1, -0.05) is 30.3 Å². The Hall–Kier alpha value is -2.49. The van der Waals surface area contributed by atoms with E-state index in [-0.39, 0.29) is 5.91 Å². The molecule has 2 aromatic rings. The van der Waals surface area contributed by atoms with Crippen LogP contribution in [0, 0.1) is 0 Å². The van der Waals surface area contributed by atoms with Crippen molar-refractivity contribution in [3.8, 4) is 0 Å². The third-order valence-corrected chi connectivity index (χ3v) is 5.52. The number of rotatable bonds is 4. The van der Waals surface area contributed by atoms with Crippen LogP contribution in [-0.4, -0.2) is 50.1 Å². The van der Waals surface area contributed by atoms with Crippen LogP contribution in [0.2, 0.25) is 0 Å². The van der Waals surface area contributed by atoms with Crippen molar-refractivity contribution in [1.82, 2.24) is 4.90 Å². The number of hydrogen-bond acceptors (Lipinski definition) is 3. The van der Waals surface area contributed by atoms with Crippen LogP contribution in [0.15, 0.2) is 54.6 Å². The molecule has 26 heavy (non-hydrogen) atoms. The molecule has 0 atom stereocenters. The molecule has 0 saturated carbocycles. The number of carbonyl (C=O) groups excluding carboxylic acids is 1. The lowest BCUT2D eigenvalue weighted by Crippen LogP contribution is -2.49. The van der Waals surface area contributed by atoms with Crippen molar-refractivity contribution in [3.05, 3.63) is 60.2 Å². The van der Waals surface area contributed by atoms with Gasteiger partial charge < -0.3 is 14.7 Å². The first-order valence-electron chi connectivity index (χ1n) is 9.71. The molecule has 0 unspecified atom stereocenters. The highest BCUT2D eigenvalue weighted by Gasteiger charge is 2.21. The Balaban J connectivity index is 1.30.